The number of hydrogen-bond acceptors (Lipinski definition) is 2. The van der Waals surface area contributed by atoms with Crippen LogP contribution in [-0.2, 0) is 0 Å². The predicted octanol–water partition coefficient (Wildman–Crippen LogP) is 5.92. The summed E-state index contributed by atoms with van der Waals surface area (Å²) in [5.41, 5.74) is 4.26. The summed E-state index contributed by atoms with van der Waals surface area (Å²) in [4.78, 5) is 2.89. The van der Waals surface area contributed by atoms with E-state index in [1.165, 1.54) is 0 Å². The third-order valence-electron chi connectivity index (χ3n) is 3.52. The van der Waals surface area contributed by atoms with E-state index in [0.717, 1.165) is 27.7 Å². The first-order valence-electron chi connectivity index (χ1n) is 7.52. The summed E-state index contributed by atoms with van der Waals surface area (Å²) >= 11 is 5.43. The first kappa shape index (κ1) is 15.3. The highest BCUT2D eigenvalue weighted by Crippen LogP contribution is 2.28. The summed E-state index contributed by atoms with van der Waals surface area (Å²) in [5, 5.41) is 3.39. The average Bonchev–Trinajstić information content (AvgIpc) is 2.58. The molecule has 0 aromatic heterocycles. The first-order valence-corrected chi connectivity index (χ1v) is 7.93. The van der Waals surface area contributed by atoms with Crippen molar-refractivity contribution in [3.63, 3.8) is 0 Å². The molecule has 2 nitrogen and oxygen atoms in total. The van der Waals surface area contributed by atoms with Gasteiger partial charge in [0.05, 0.1) is 4.99 Å². The minimum absolute atomic E-state index is 0.819. The van der Waals surface area contributed by atoms with E-state index in [2.05, 4.69) is 46.6 Å². The van der Waals surface area contributed by atoms with E-state index in [9.17, 15) is 0 Å². The average molecular weight is 318 g/mol. The highest BCUT2D eigenvalue weighted by molar-refractivity contribution is 7.80. The van der Waals surface area contributed by atoms with Crippen molar-refractivity contribution in [3.05, 3.63) is 84.9 Å². The highest BCUT2D eigenvalue weighted by Gasteiger charge is 2.10. The van der Waals surface area contributed by atoms with E-state index < -0.39 is 0 Å². The summed E-state index contributed by atoms with van der Waals surface area (Å²) in [6, 6.07) is 28.6. The Labute approximate surface area is 142 Å². The van der Waals surface area contributed by atoms with Crippen molar-refractivity contribution in [2.75, 3.05) is 10.2 Å². The Morgan fingerprint density at radius 2 is 1.17 bits per heavy atom. The van der Waals surface area contributed by atoms with Gasteiger partial charge in [-0.1, -0.05) is 48.6 Å². The normalized spacial score (nSPS) is 10.1. The number of rotatable bonds is 4. The standard InChI is InChI=1S/C20H18N2S/c1-16(23)22(19-10-6-3-7-11-19)20-14-12-18(13-15-20)21-17-8-4-2-5-9-17/h2-15,21H,1H3. The van der Waals surface area contributed by atoms with Crippen LogP contribution in [0.2, 0.25) is 0 Å². The lowest BCUT2D eigenvalue weighted by atomic mass is 10.2. The second-order valence-corrected chi connectivity index (χ2v) is 5.82. The van der Waals surface area contributed by atoms with Crippen LogP contribution >= 0.6 is 12.2 Å². The molecular formula is C20H18N2S. The molecule has 0 aliphatic rings. The lowest BCUT2D eigenvalue weighted by Crippen LogP contribution is -2.20. The van der Waals surface area contributed by atoms with Crippen LogP contribution < -0.4 is 10.2 Å². The maximum absolute atomic E-state index is 5.43. The van der Waals surface area contributed by atoms with Crippen molar-refractivity contribution in [2.24, 2.45) is 0 Å². The van der Waals surface area contributed by atoms with Gasteiger partial charge in [-0.2, -0.15) is 0 Å². The summed E-state index contributed by atoms with van der Waals surface area (Å²) in [6.45, 7) is 1.94. The fourth-order valence-corrected chi connectivity index (χ4v) is 2.68. The van der Waals surface area contributed by atoms with Gasteiger partial charge >= 0.3 is 0 Å². The molecule has 114 valence electrons. The van der Waals surface area contributed by atoms with Gasteiger partial charge in [-0.05, 0) is 55.5 Å². The molecule has 0 unspecified atom stereocenters. The van der Waals surface area contributed by atoms with Gasteiger partial charge in [0.15, 0.2) is 0 Å². The number of anilines is 4. The fourth-order valence-electron chi connectivity index (χ4n) is 2.47. The number of nitrogens with zero attached hydrogens (tertiary/aromatic N) is 1. The monoisotopic (exact) mass is 318 g/mol. The van der Waals surface area contributed by atoms with Crippen molar-refractivity contribution >= 4 is 40.0 Å². The number of thiocarbonyl (C=S) groups is 1. The van der Waals surface area contributed by atoms with Gasteiger partial charge in [-0.15, -0.1) is 0 Å². The second-order valence-electron chi connectivity index (χ2n) is 5.23. The third-order valence-corrected chi connectivity index (χ3v) is 3.70. The minimum atomic E-state index is 0.819. The van der Waals surface area contributed by atoms with E-state index >= 15 is 0 Å². The van der Waals surface area contributed by atoms with Gasteiger partial charge < -0.3 is 10.2 Å². The zero-order valence-electron chi connectivity index (χ0n) is 12.9. The second kappa shape index (κ2) is 7.07. The van der Waals surface area contributed by atoms with Crippen molar-refractivity contribution in [1.29, 1.82) is 0 Å². The van der Waals surface area contributed by atoms with Crippen LogP contribution in [0.15, 0.2) is 84.9 Å². The largest absolute Gasteiger partial charge is 0.356 e. The van der Waals surface area contributed by atoms with Gasteiger partial charge in [0.1, 0.15) is 0 Å². The Morgan fingerprint density at radius 1 is 0.696 bits per heavy atom. The zero-order chi connectivity index (χ0) is 16.1. The zero-order valence-corrected chi connectivity index (χ0v) is 13.8. The molecule has 3 aromatic carbocycles. The number of benzene rings is 3. The summed E-state index contributed by atoms with van der Waals surface area (Å²) in [6.07, 6.45) is 0. The molecule has 0 fully saturated rings. The smallest absolute Gasteiger partial charge is 0.0838 e. The molecule has 0 bridgehead atoms. The number of para-hydroxylation sites is 2. The molecule has 3 aromatic rings. The minimum Gasteiger partial charge on any atom is -0.356 e. The first-order chi connectivity index (χ1) is 11.2. The van der Waals surface area contributed by atoms with Gasteiger partial charge in [-0.3, -0.25) is 0 Å². The molecular weight excluding hydrogens is 300 g/mol. The Bertz CT molecular complexity index is 768. The van der Waals surface area contributed by atoms with Crippen LogP contribution in [0.4, 0.5) is 22.7 Å². The number of nitrogens with one attached hydrogen (secondary N) is 1. The van der Waals surface area contributed by atoms with Crippen molar-refractivity contribution in [2.45, 2.75) is 6.92 Å². The van der Waals surface area contributed by atoms with Crippen LogP contribution in [-0.4, -0.2) is 4.99 Å². The van der Waals surface area contributed by atoms with E-state index in [1.54, 1.807) is 0 Å². The topological polar surface area (TPSA) is 15.3 Å². The molecule has 0 spiro atoms. The molecule has 0 aliphatic heterocycles. The molecule has 23 heavy (non-hydrogen) atoms. The third kappa shape index (κ3) is 3.76. The van der Waals surface area contributed by atoms with Crippen molar-refractivity contribution in [1.82, 2.24) is 0 Å². The van der Waals surface area contributed by atoms with E-state index in [0.29, 0.717) is 0 Å². The van der Waals surface area contributed by atoms with Crippen LogP contribution in [0.3, 0.4) is 0 Å². The summed E-state index contributed by atoms with van der Waals surface area (Å²) < 4.78 is 0. The fraction of sp³-hybridized carbons (Fsp3) is 0.0500. The van der Waals surface area contributed by atoms with Crippen LogP contribution in [0.25, 0.3) is 0 Å². The molecule has 0 radical (unpaired) electrons. The van der Waals surface area contributed by atoms with Crippen LogP contribution in [0.1, 0.15) is 6.92 Å². The Morgan fingerprint density at radius 3 is 1.74 bits per heavy atom. The van der Waals surface area contributed by atoms with Gasteiger partial charge in [-0.25, -0.2) is 0 Å². The quantitative estimate of drug-likeness (QED) is 0.601. The molecule has 0 aliphatic carbocycles. The Hall–Kier alpha value is -2.65. The van der Waals surface area contributed by atoms with Crippen molar-refractivity contribution < 1.29 is 0 Å². The molecule has 0 heterocycles. The number of hydrogen-bond donors (Lipinski definition) is 1. The Kier molecular flexibility index (Phi) is 4.69. The molecule has 3 heteroatoms. The Balaban J connectivity index is 1.84. The maximum atomic E-state index is 5.43. The summed E-state index contributed by atoms with van der Waals surface area (Å²) in [7, 11) is 0. The van der Waals surface area contributed by atoms with Crippen LogP contribution in [0.5, 0.6) is 0 Å². The van der Waals surface area contributed by atoms with Crippen molar-refractivity contribution in [3.8, 4) is 0 Å². The van der Waals surface area contributed by atoms with E-state index in [1.807, 2.05) is 55.5 Å². The molecule has 0 saturated carbocycles. The maximum Gasteiger partial charge on any atom is 0.0838 e. The van der Waals surface area contributed by atoms with E-state index in [-0.39, 0.29) is 0 Å². The lowest BCUT2D eigenvalue weighted by Gasteiger charge is -2.24. The molecule has 0 amide bonds. The highest BCUT2D eigenvalue weighted by atomic mass is 32.1. The molecule has 3 rings (SSSR count). The SMILES string of the molecule is CC(=S)N(c1ccccc1)c1ccc(Nc2ccccc2)cc1. The lowest BCUT2D eigenvalue weighted by molar-refractivity contribution is 1.35. The molecule has 0 saturated heterocycles. The van der Waals surface area contributed by atoms with E-state index in [4.69, 9.17) is 12.2 Å². The molecule has 1 N–H and O–H groups in total. The van der Waals surface area contributed by atoms with Gasteiger partial charge in [0.2, 0.25) is 0 Å². The predicted molar refractivity (Wildman–Crippen MR) is 103 cm³/mol. The van der Waals surface area contributed by atoms with Gasteiger partial charge in [0, 0.05) is 22.7 Å². The van der Waals surface area contributed by atoms with Gasteiger partial charge in [0.25, 0.3) is 0 Å². The molecule has 0 atom stereocenters. The summed E-state index contributed by atoms with van der Waals surface area (Å²) in [5.74, 6) is 0. The van der Waals surface area contributed by atoms with Crippen LogP contribution in [0, 0.1) is 0 Å².